The van der Waals surface area contributed by atoms with Crippen LogP contribution in [0.15, 0.2) is 18.2 Å². The summed E-state index contributed by atoms with van der Waals surface area (Å²) in [6, 6.07) is 8.82. The van der Waals surface area contributed by atoms with Gasteiger partial charge in [-0.15, -0.1) is 0 Å². The lowest BCUT2D eigenvalue weighted by Crippen LogP contribution is -2.11. The van der Waals surface area contributed by atoms with E-state index >= 15 is 0 Å². The highest BCUT2D eigenvalue weighted by atomic mass is 127. The molecule has 15 heavy (non-hydrogen) atoms. The van der Waals surface area contributed by atoms with Crippen molar-refractivity contribution in [3.05, 3.63) is 27.3 Å². The van der Waals surface area contributed by atoms with Crippen LogP contribution < -0.4 is 5.32 Å². The van der Waals surface area contributed by atoms with E-state index in [1.54, 1.807) is 24.3 Å². The molecule has 0 saturated heterocycles. The van der Waals surface area contributed by atoms with Crippen LogP contribution in [0.2, 0.25) is 0 Å². The smallest absolute Gasteiger partial charge is 0.238 e. The molecule has 0 radical (unpaired) electrons. The molecule has 0 fully saturated rings. The second-order valence-electron chi connectivity index (χ2n) is 2.68. The third kappa shape index (κ3) is 3.22. The van der Waals surface area contributed by atoms with Crippen molar-refractivity contribution in [1.82, 2.24) is 0 Å². The van der Waals surface area contributed by atoms with E-state index in [1.807, 2.05) is 6.07 Å². The molecule has 0 aliphatic carbocycles. The summed E-state index contributed by atoms with van der Waals surface area (Å²) in [7, 11) is 0. The van der Waals surface area contributed by atoms with Gasteiger partial charge in [0, 0.05) is 3.57 Å². The second kappa shape index (κ2) is 5.32. The summed E-state index contributed by atoms with van der Waals surface area (Å²) in [6.45, 7) is 0. The Morgan fingerprint density at radius 2 is 2.20 bits per heavy atom. The molecule has 1 amide bonds. The number of halogens is 1. The summed E-state index contributed by atoms with van der Waals surface area (Å²) in [5.74, 6) is -0.407. The van der Waals surface area contributed by atoms with Gasteiger partial charge >= 0.3 is 0 Å². The number of carbonyl (C=O) groups excluding carboxylic acids is 1. The normalized spacial score (nSPS) is 8.73. The maximum atomic E-state index is 11.1. The Morgan fingerprint density at radius 1 is 1.47 bits per heavy atom. The van der Waals surface area contributed by atoms with Crippen LogP contribution in [0.5, 0.6) is 0 Å². The Labute approximate surface area is 101 Å². The van der Waals surface area contributed by atoms with Crippen LogP contribution in [0, 0.1) is 26.2 Å². The van der Waals surface area contributed by atoms with E-state index in [1.165, 1.54) is 0 Å². The molecule has 1 rings (SSSR count). The van der Waals surface area contributed by atoms with Crippen molar-refractivity contribution in [2.45, 2.75) is 6.42 Å². The van der Waals surface area contributed by atoms with E-state index in [0.717, 1.165) is 3.57 Å². The fourth-order valence-corrected chi connectivity index (χ4v) is 1.48. The lowest BCUT2D eigenvalue weighted by Gasteiger charge is -2.04. The second-order valence-corrected chi connectivity index (χ2v) is 3.93. The predicted molar refractivity (Wildman–Crippen MR) is 62.7 cm³/mol. The number of amides is 1. The number of benzene rings is 1. The van der Waals surface area contributed by atoms with Crippen LogP contribution in [0.25, 0.3) is 0 Å². The van der Waals surface area contributed by atoms with E-state index in [0.29, 0.717) is 11.3 Å². The molecule has 0 heterocycles. The monoisotopic (exact) mass is 311 g/mol. The molecule has 0 aliphatic rings. The largest absolute Gasteiger partial charge is 0.324 e. The van der Waals surface area contributed by atoms with Gasteiger partial charge in [0.15, 0.2) is 0 Å². The van der Waals surface area contributed by atoms with Crippen molar-refractivity contribution >= 4 is 34.2 Å². The van der Waals surface area contributed by atoms with Gasteiger partial charge in [0.25, 0.3) is 0 Å². The van der Waals surface area contributed by atoms with Gasteiger partial charge < -0.3 is 5.32 Å². The van der Waals surface area contributed by atoms with Crippen molar-refractivity contribution in [3.63, 3.8) is 0 Å². The molecule has 0 saturated carbocycles. The molecule has 0 bridgehead atoms. The summed E-state index contributed by atoms with van der Waals surface area (Å²) >= 11 is 2.08. The standard InChI is InChI=1S/C10H6IN3O/c11-8-1-2-9(7(5-8)6-13)14-10(15)3-4-12/h1-2,5H,3H2,(H,14,15). The summed E-state index contributed by atoms with van der Waals surface area (Å²) in [4.78, 5) is 11.1. The van der Waals surface area contributed by atoms with Gasteiger partial charge in [0.2, 0.25) is 5.91 Å². The van der Waals surface area contributed by atoms with E-state index < -0.39 is 5.91 Å². The van der Waals surface area contributed by atoms with Gasteiger partial charge in [-0.2, -0.15) is 10.5 Å². The molecule has 0 aromatic heterocycles. The van der Waals surface area contributed by atoms with Gasteiger partial charge in [0.05, 0.1) is 17.3 Å². The SMILES string of the molecule is N#CCC(=O)Nc1ccc(I)cc1C#N. The number of nitriles is 2. The van der Waals surface area contributed by atoms with Crippen molar-refractivity contribution in [3.8, 4) is 12.1 Å². The Bertz CT molecular complexity index is 471. The highest BCUT2D eigenvalue weighted by Gasteiger charge is 2.06. The molecular weight excluding hydrogens is 305 g/mol. The Morgan fingerprint density at radius 3 is 2.80 bits per heavy atom. The third-order valence-electron chi connectivity index (χ3n) is 1.62. The lowest BCUT2D eigenvalue weighted by molar-refractivity contribution is -0.115. The Balaban J connectivity index is 2.92. The molecule has 1 aromatic carbocycles. The minimum atomic E-state index is -0.407. The minimum absolute atomic E-state index is 0.211. The fraction of sp³-hybridized carbons (Fsp3) is 0.100. The number of nitrogens with one attached hydrogen (secondary N) is 1. The Hall–Kier alpha value is -1.60. The topological polar surface area (TPSA) is 76.7 Å². The molecule has 0 unspecified atom stereocenters. The first kappa shape index (κ1) is 11.5. The number of carbonyl (C=O) groups is 1. The zero-order valence-corrected chi connectivity index (χ0v) is 9.78. The zero-order valence-electron chi connectivity index (χ0n) is 7.62. The molecule has 1 N–H and O–H groups in total. The molecule has 0 spiro atoms. The molecule has 1 aromatic rings. The number of hydrogen-bond acceptors (Lipinski definition) is 3. The quantitative estimate of drug-likeness (QED) is 0.849. The summed E-state index contributed by atoms with van der Waals surface area (Å²) in [5, 5.41) is 19.6. The summed E-state index contributed by atoms with van der Waals surface area (Å²) < 4.78 is 0.919. The molecule has 4 nitrogen and oxygen atoms in total. The maximum Gasteiger partial charge on any atom is 0.238 e. The van der Waals surface area contributed by atoms with Crippen LogP contribution in [-0.2, 0) is 4.79 Å². The Kier molecular flexibility index (Phi) is 4.07. The number of rotatable bonds is 2. The van der Waals surface area contributed by atoms with Crippen LogP contribution in [-0.4, -0.2) is 5.91 Å². The molecular formula is C10H6IN3O. The maximum absolute atomic E-state index is 11.1. The highest BCUT2D eigenvalue weighted by molar-refractivity contribution is 14.1. The van der Waals surface area contributed by atoms with Gasteiger partial charge in [-0.3, -0.25) is 4.79 Å². The average Bonchev–Trinajstić information content (AvgIpc) is 2.21. The van der Waals surface area contributed by atoms with Gasteiger partial charge in [-0.1, -0.05) is 0 Å². The summed E-state index contributed by atoms with van der Waals surface area (Å²) in [5.41, 5.74) is 0.839. The molecule has 74 valence electrons. The molecule has 5 heteroatoms. The number of hydrogen-bond donors (Lipinski definition) is 1. The van der Waals surface area contributed by atoms with E-state index in [4.69, 9.17) is 10.5 Å². The van der Waals surface area contributed by atoms with E-state index in [2.05, 4.69) is 27.9 Å². The van der Waals surface area contributed by atoms with Crippen molar-refractivity contribution in [2.75, 3.05) is 5.32 Å². The summed E-state index contributed by atoms with van der Waals surface area (Å²) in [6.07, 6.45) is -0.211. The predicted octanol–water partition coefficient (Wildman–Crippen LogP) is 2.02. The zero-order chi connectivity index (χ0) is 11.3. The lowest BCUT2D eigenvalue weighted by atomic mass is 10.2. The first-order valence-electron chi connectivity index (χ1n) is 4.04. The first-order valence-corrected chi connectivity index (χ1v) is 5.11. The van der Waals surface area contributed by atoms with Crippen molar-refractivity contribution in [2.24, 2.45) is 0 Å². The first-order chi connectivity index (χ1) is 7.17. The van der Waals surface area contributed by atoms with E-state index in [-0.39, 0.29) is 6.42 Å². The fourth-order valence-electron chi connectivity index (χ4n) is 0.984. The number of nitrogens with zero attached hydrogens (tertiary/aromatic N) is 2. The van der Waals surface area contributed by atoms with E-state index in [9.17, 15) is 4.79 Å². The van der Waals surface area contributed by atoms with Crippen molar-refractivity contribution < 1.29 is 4.79 Å². The van der Waals surface area contributed by atoms with Crippen LogP contribution >= 0.6 is 22.6 Å². The van der Waals surface area contributed by atoms with Crippen molar-refractivity contribution in [1.29, 1.82) is 10.5 Å². The van der Waals surface area contributed by atoms with Gasteiger partial charge in [0.1, 0.15) is 12.5 Å². The third-order valence-corrected chi connectivity index (χ3v) is 2.29. The van der Waals surface area contributed by atoms with Gasteiger partial charge in [-0.05, 0) is 40.8 Å². The highest BCUT2D eigenvalue weighted by Crippen LogP contribution is 2.17. The average molecular weight is 311 g/mol. The number of anilines is 1. The van der Waals surface area contributed by atoms with Crippen LogP contribution in [0.1, 0.15) is 12.0 Å². The van der Waals surface area contributed by atoms with Gasteiger partial charge in [-0.25, -0.2) is 0 Å². The molecule has 0 aliphatic heterocycles. The molecule has 0 atom stereocenters. The van der Waals surface area contributed by atoms with Crippen LogP contribution in [0.3, 0.4) is 0 Å². The minimum Gasteiger partial charge on any atom is -0.324 e. The van der Waals surface area contributed by atoms with Crippen LogP contribution in [0.4, 0.5) is 5.69 Å².